The summed E-state index contributed by atoms with van der Waals surface area (Å²) in [4.78, 5) is 8.00. The maximum atomic E-state index is 8.00. The lowest BCUT2D eigenvalue weighted by Gasteiger charge is -2.21. The smallest absolute Gasteiger partial charge is 0.106 e. The second kappa shape index (κ2) is 6.68. The molecule has 1 heterocycles. The summed E-state index contributed by atoms with van der Waals surface area (Å²) in [7, 11) is 0. The van der Waals surface area contributed by atoms with Crippen LogP contribution in [0.5, 0.6) is 0 Å². The predicted molar refractivity (Wildman–Crippen MR) is 53.4 cm³/mol. The molecule has 1 fully saturated rings. The van der Waals surface area contributed by atoms with Crippen molar-refractivity contribution >= 4 is 20.3 Å². The molecule has 0 amide bonds. The van der Waals surface area contributed by atoms with Gasteiger partial charge < -0.3 is 10.1 Å². The molecule has 0 aromatic rings. The maximum Gasteiger partial charge on any atom is 0.106 e. The van der Waals surface area contributed by atoms with Crippen molar-refractivity contribution in [2.75, 3.05) is 6.54 Å². The molecule has 11 heavy (non-hydrogen) atoms. The van der Waals surface area contributed by atoms with Crippen molar-refractivity contribution in [3.8, 4) is 0 Å². The largest absolute Gasteiger partial charge is 0.312 e. The van der Waals surface area contributed by atoms with Gasteiger partial charge in [-0.25, -0.2) is 0 Å². The Morgan fingerprint density at radius 2 is 2.09 bits per heavy atom. The molecule has 0 saturated carbocycles. The van der Waals surface area contributed by atoms with Gasteiger partial charge >= 0.3 is 0 Å². The second-order valence-corrected chi connectivity index (χ2v) is 2.94. The molecule has 1 N–H and O–H groups in total. The van der Waals surface area contributed by atoms with Crippen LogP contribution < -0.4 is 5.32 Å². The first-order chi connectivity index (χ1) is 4.77. The van der Waals surface area contributed by atoms with Crippen LogP contribution in [0, 0.1) is 0 Å². The lowest BCUT2D eigenvalue weighted by Crippen LogP contribution is -2.34. The quantitative estimate of drug-likeness (QED) is 0.657. The Kier molecular flexibility index (Phi) is 8.23. The fourth-order valence-corrected chi connectivity index (χ4v) is 1.26. The highest BCUT2D eigenvalue weighted by Crippen LogP contribution is 2.20. The van der Waals surface area contributed by atoms with E-state index < -0.39 is 0 Å². The van der Waals surface area contributed by atoms with Crippen molar-refractivity contribution in [1.29, 1.82) is 0 Å². The van der Waals surface area contributed by atoms with E-state index in [1.54, 1.807) is 0 Å². The van der Waals surface area contributed by atoms with Crippen molar-refractivity contribution in [3.05, 3.63) is 0 Å². The van der Waals surface area contributed by atoms with E-state index in [9.17, 15) is 0 Å². The molecule has 0 aromatic carbocycles. The van der Waals surface area contributed by atoms with Gasteiger partial charge in [0.05, 0.1) is 0 Å². The Morgan fingerprint density at radius 3 is 2.27 bits per heavy atom. The second-order valence-electron chi connectivity index (χ2n) is 2.94. The van der Waals surface area contributed by atoms with E-state index in [1.165, 1.54) is 25.8 Å². The molecular formula is C8H19NOS. The van der Waals surface area contributed by atoms with Crippen LogP contribution in [0.25, 0.3) is 0 Å². The maximum absolute atomic E-state index is 8.00. The van der Waals surface area contributed by atoms with E-state index in [0.717, 1.165) is 0 Å². The van der Waals surface area contributed by atoms with Gasteiger partial charge in [0.2, 0.25) is 0 Å². The van der Waals surface area contributed by atoms with Crippen LogP contribution in [0.1, 0.15) is 33.1 Å². The standard InChI is InChI=1S/C7H15N.CH2O.H2S/c1-3-7(2)5-4-6-8-7;1-2;/h8H,3-6H2,1-2H3;1H2;1H2/t7-;;/m1../s1. The fraction of sp³-hybridized carbons (Fsp3) is 0.875. The summed E-state index contributed by atoms with van der Waals surface area (Å²) in [6.07, 6.45) is 4.00. The minimum absolute atomic E-state index is 0. The van der Waals surface area contributed by atoms with Crippen molar-refractivity contribution in [1.82, 2.24) is 5.32 Å². The van der Waals surface area contributed by atoms with Gasteiger partial charge in [0.1, 0.15) is 6.79 Å². The molecule has 0 bridgehead atoms. The lowest BCUT2D eigenvalue weighted by atomic mass is 9.98. The molecule has 3 heteroatoms. The van der Waals surface area contributed by atoms with E-state index >= 15 is 0 Å². The number of hydrogen-bond acceptors (Lipinski definition) is 2. The molecule has 0 spiro atoms. The first kappa shape index (κ1) is 13.6. The van der Waals surface area contributed by atoms with Crippen molar-refractivity contribution in [2.24, 2.45) is 0 Å². The van der Waals surface area contributed by atoms with Gasteiger partial charge in [0.25, 0.3) is 0 Å². The van der Waals surface area contributed by atoms with Gasteiger partial charge in [-0.3, -0.25) is 0 Å². The summed E-state index contributed by atoms with van der Waals surface area (Å²) in [5.41, 5.74) is 0.486. The van der Waals surface area contributed by atoms with Crippen LogP contribution in [-0.2, 0) is 4.79 Å². The molecule has 1 aliphatic rings. The Hall–Kier alpha value is -0.0200. The van der Waals surface area contributed by atoms with Gasteiger partial charge in [-0.15, -0.1) is 0 Å². The van der Waals surface area contributed by atoms with E-state index in [-0.39, 0.29) is 13.5 Å². The Labute approximate surface area is 76.2 Å². The monoisotopic (exact) mass is 177 g/mol. The topological polar surface area (TPSA) is 29.1 Å². The van der Waals surface area contributed by atoms with E-state index in [2.05, 4.69) is 19.2 Å². The predicted octanol–water partition coefficient (Wildman–Crippen LogP) is 1.47. The van der Waals surface area contributed by atoms with Crippen LogP contribution in [-0.4, -0.2) is 18.9 Å². The molecular weight excluding hydrogens is 158 g/mol. The third-order valence-electron chi connectivity index (χ3n) is 2.24. The summed E-state index contributed by atoms with van der Waals surface area (Å²) >= 11 is 0. The normalized spacial score (nSPS) is 28.2. The molecule has 0 unspecified atom stereocenters. The summed E-state index contributed by atoms with van der Waals surface area (Å²) in [6, 6.07) is 0. The average molecular weight is 177 g/mol. The van der Waals surface area contributed by atoms with E-state index in [1.807, 2.05) is 6.79 Å². The molecule has 2 nitrogen and oxygen atoms in total. The molecule has 1 saturated heterocycles. The third kappa shape index (κ3) is 4.43. The molecule has 1 atom stereocenters. The van der Waals surface area contributed by atoms with Gasteiger partial charge in [0, 0.05) is 5.54 Å². The number of nitrogens with one attached hydrogen (secondary N) is 1. The number of hydrogen-bond donors (Lipinski definition) is 1. The third-order valence-corrected chi connectivity index (χ3v) is 2.24. The summed E-state index contributed by atoms with van der Waals surface area (Å²) in [5.74, 6) is 0. The first-order valence-corrected chi connectivity index (χ1v) is 3.81. The highest BCUT2D eigenvalue weighted by Gasteiger charge is 2.24. The number of carbonyl (C=O) groups is 1. The van der Waals surface area contributed by atoms with Crippen LogP contribution in [0.15, 0.2) is 0 Å². The zero-order chi connectivity index (χ0) is 8.04. The van der Waals surface area contributed by atoms with Gasteiger partial charge in [-0.2, -0.15) is 13.5 Å². The Bertz CT molecular complexity index is 92.1. The van der Waals surface area contributed by atoms with Crippen LogP contribution in [0.3, 0.4) is 0 Å². The van der Waals surface area contributed by atoms with Crippen molar-refractivity contribution in [3.63, 3.8) is 0 Å². The highest BCUT2D eigenvalue weighted by molar-refractivity contribution is 7.59. The highest BCUT2D eigenvalue weighted by atomic mass is 32.1. The first-order valence-electron chi connectivity index (χ1n) is 3.81. The molecule has 1 rings (SSSR count). The fourth-order valence-electron chi connectivity index (χ4n) is 1.26. The molecule has 68 valence electrons. The van der Waals surface area contributed by atoms with Gasteiger partial charge in [-0.05, 0) is 32.7 Å². The van der Waals surface area contributed by atoms with Crippen LogP contribution in [0.4, 0.5) is 0 Å². The molecule has 0 radical (unpaired) electrons. The Morgan fingerprint density at radius 1 is 1.55 bits per heavy atom. The summed E-state index contributed by atoms with van der Waals surface area (Å²) in [5, 5.41) is 3.48. The summed E-state index contributed by atoms with van der Waals surface area (Å²) in [6.45, 7) is 7.78. The molecule has 1 aliphatic heterocycles. The SMILES string of the molecule is C=O.CC[C@]1(C)CCCN1.S. The van der Waals surface area contributed by atoms with Crippen molar-refractivity contribution < 1.29 is 4.79 Å². The average Bonchev–Trinajstić information content (AvgIpc) is 2.42. The minimum atomic E-state index is 0. The van der Waals surface area contributed by atoms with Crippen LogP contribution in [0.2, 0.25) is 0 Å². The number of carbonyl (C=O) groups excluding carboxylic acids is 1. The number of rotatable bonds is 1. The van der Waals surface area contributed by atoms with E-state index in [0.29, 0.717) is 5.54 Å². The zero-order valence-corrected chi connectivity index (χ0v) is 8.44. The van der Waals surface area contributed by atoms with Gasteiger partial charge in [-0.1, -0.05) is 6.92 Å². The minimum Gasteiger partial charge on any atom is -0.312 e. The Balaban J connectivity index is 0. The zero-order valence-electron chi connectivity index (χ0n) is 7.44. The lowest BCUT2D eigenvalue weighted by molar-refractivity contribution is -0.0979. The van der Waals surface area contributed by atoms with Gasteiger partial charge in [0.15, 0.2) is 0 Å². The van der Waals surface area contributed by atoms with E-state index in [4.69, 9.17) is 4.79 Å². The summed E-state index contributed by atoms with van der Waals surface area (Å²) < 4.78 is 0. The van der Waals surface area contributed by atoms with Crippen molar-refractivity contribution in [2.45, 2.75) is 38.6 Å². The van der Waals surface area contributed by atoms with Crippen LogP contribution >= 0.6 is 13.5 Å². The molecule has 0 aliphatic carbocycles. The molecule has 0 aromatic heterocycles.